The molecule has 1 aliphatic heterocycles. The number of rotatable bonds is 2. The summed E-state index contributed by atoms with van der Waals surface area (Å²) in [6, 6.07) is 1.84. The van der Waals surface area contributed by atoms with Crippen LogP contribution in [0.1, 0.15) is 0 Å². The molecule has 0 bridgehead atoms. The number of ether oxygens (including phenoxy) is 1. The smallest absolute Gasteiger partial charge is 0.226 e. The van der Waals surface area contributed by atoms with Gasteiger partial charge in [-0.1, -0.05) is 23.2 Å². The second kappa shape index (κ2) is 5.63. The molecule has 0 saturated carbocycles. The molecule has 3 heterocycles. The summed E-state index contributed by atoms with van der Waals surface area (Å²) in [6.07, 6.45) is 1.75. The Balaban J connectivity index is 1.93. The topological polar surface area (TPSA) is 38.2 Å². The van der Waals surface area contributed by atoms with Crippen LogP contribution in [0.25, 0.3) is 11.3 Å². The number of thiophene rings is 1. The van der Waals surface area contributed by atoms with Gasteiger partial charge in [-0.25, -0.2) is 9.97 Å². The third-order valence-corrected chi connectivity index (χ3v) is 4.72. The van der Waals surface area contributed by atoms with Gasteiger partial charge in [0, 0.05) is 30.2 Å². The molecule has 2 aromatic heterocycles. The third-order valence-electron chi connectivity index (χ3n) is 2.90. The molecule has 7 heteroatoms. The summed E-state index contributed by atoms with van der Waals surface area (Å²) in [5.41, 5.74) is 1.65. The molecule has 0 N–H and O–H groups in total. The summed E-state index contributed by atoms with van der Waals surface area (Å²) in [4.78, 5) is 11.0. The first-order valence-corrected chi connectivity index (χ1v) is 7.48. The average Bonchev–Trinajstić information content (AvgIpc) is 2.80. The van der Waals surface area contributed by atoms with Crippen LogP contribution < -0.4 is 4.90 Å². The second-order valence-electron chi connectivity index (χ2n) is 4.08. The molecule has 1 aliphatic rings. The molecule has 1 saturated heterocycles. The van der Waals surface area contributed by atoms with Crippen molar-refractivity contribution in [2.45, 2.75) is 0 Å². The molecule has 0 atom stereocenters. The van der Waals surface area contributed by atoms with E-state index in [-0.39, 0.29) is 0 Å². The van der Waals surface area contributed by atoms with Crippen molar-refractivity contribution in [3.8, 4) is 11.3 Å². The van der Waals surface area contributed by atoms with Crippen LogP contribution in [0.5, 0.6) is 0 Å². The van der Waals surface area contributed by atoms with Crippen LogP contribution in [0.15, 0.2) is 17.6 Å². The minimum absolute atomic E-state index is 0.554. The fourth-order valence-electron chi connectivity index (χ4n) is 1.91. The van der Waals surface area contributed by atoms with E-state index < -0.39 is 0 Å². The number of hydrogen-bond acceptors (Lipinski definition) is 5. The lowest BCUT2D eigenvalue weighted by molar-refractivity contribution is 0.122. The van der Waals surface area contributed by atoms with Gasteiger partial charge in [0.1, 0.15) is 4.34 Å². The number of morpholine rings is 1. The maximum Gasteiger partial charge on any atom is 0.226 e. The Morgan fingerprint density at radius 3 is 2.74 bits per heavy atom. The highest BCUT2D eigenvalue weighted by Crippen LogP contribution is 2.38. The Morgan fingerprint density at radius 2 is 2.05 bits per heavy atom. The fraction of sp³-hybridized carbons (Fsp3) is 0.333. The van der Waals surface area contributed by atoms with Gasteiger partial charge < -0.3 is 9.64 Å². The molecule has 3 rings (SSSR count). The van der Waals surface area contributed by atoms with Gasteiger partial charge >= 0.3 is 0 Å². The van der Waals surface area contributed by atoms with Gasteiger partial charge in [0.2, 0.25) is 5.95 Å². The molecule has 1 fully saturated rings. The zero-order valence-electron chi connectivity index (χ0n) is 9.97. The van der Waals surface area contributed by atoms with Crippen molar-refractivity contribution < 1.29 is 4.74 Å². The predicted molar refractivity (Wildman–Crippen MR) is 78.4 cm³/mol. The molecule has 19 heavy (non-hydrogen) atoms. The number of hydrogen-bond donors (Lipinski definition) is 0. The largest absolute Gasteiger partial charge is 0.378 e. The number of halogens is 2. The third kappa shape index (κ3) is 2.69. The van der Waals surface area contributed by atoms with E-state index in [1.54, 1.807) is 6.20 Å². The van der Waals surface area contributed by atoms with E-state index in [4.69, 9.17) is 27.9 Å². The van der Waals surface area contributed by atoms with Crippen molar-refractivity contribution in [1.82, 2.24) is 9.97 Å². The molecular formula is C12H11Cl2N3OS. The van der Waals surface area contributed by atoms with E-state index in [9.17, 15) is 0 Å². The van der Waals surface area contributed by atoms with Gasteiger partial charge in [0.15, 0.2) is 0 Å². The maximum atomic E-state index is 6.17. The summed E-state index contributed by atoms with van der Waals surface area (Å²) >= 11 is 13.6. The monoisotopic (exact) mass is 315 g/mol. The Kier molecular flexibility index (Phi) is 3.88. The molecule has 0 radical (unpaired) electrons. The molecule has 0 amide bonds. The summed E-state index contributed by atoms with van der Waals surface area (Å²) in [5.74, 6) is 0.708. The van der Waals surface area contributed by atoms with Gasteiger partial charge in [-0.05, 0) is 6.07 Å². The molecule has 0 aliphatic carbocycles. The van der Waals surface area contributed by atoms with Crippen LogP contribution in [-0.4, -0.2) is 36.3 Å². The van der Waals surface area contributed by atoms with Gasteiger partial charge in [-0.2, -0.15) is 0 Å². The zero-order valence-corrected chi connectivity index (χ0v) is 12.3. The van der Waals surface area contributed by atoms with Crippen LogP contribution in [-0.2, 0) is 4.74 Å². The molecule has 4 nitrogen and oxygen atoms in total. The van der Waals surface area contributed by atoms with Gasteiger partial charge in [-0.15, -0.1) is 11.3 Å². The molecule has 2 aromatic rings. The van der Waals surface area contributed by atoms with Crippen LogP contribution >= 0.6 is 34.5 Å². The SMILES string of the molecule is Clc1scc(-c2ccnc(N3CCOCC3)n2)c1Cl. The van der Waals surface area contributed by atoms with Crippen LogP contribution in [0.4, 0.5) is 5.95 Å². The van der Waals surface area contributed by atoms with E-state index in [1.165, 1.54) is 11.3 Å². The average molecular weight is 316 g/mol. The molecule has 0 unspecified atom stereocenters. The summed E-state index contributed by atoms with van der Waals surface area (Å²) < 4.78 is 5.91. The first-order valence-electron chi connectivity index (χ1n) is 5.84. The van der Waals surface area contributed by atoms with Crippen molar-refractivity contribution >= 4 is 40.5 Å². The van der Waals surface area contributed by atoms with E-state index >= 15 is 0 Å². The Hall–Kier alpha value is -0.880. The van der Waals surface area contributed by atoms with Crippen molar-refractivity contribution in [1.29, 1.82) is 0 Å². The van der Waals surface area contributed by atoms with Crippen molar-refractivity contribution in [2.24, 2.45) is 0 Å². The Labute approximate surface area is 125 Å². The fourth-order valence-corrected chi connectivity index (χ4v) is 3.17. The highest BCUT2D eigenvalue weighted by atomic mass is 35.5. The summed E-state index contributed by atoms with van der Waals surface area (Å²) in [7, 11) is 0. The van der Waals surface area contributed by atoms with Crippen molar-refractivity contribution in [3.05, 3.63) is 27.0 Å². The first kappa shape index (κ1) is 13.1. The zero-order chi connectivity index (χ0) is 13.2. The molecule has 0 spiro atoms. The van der Waals surface area contributed by atoms with Crippen LogP contribution in [0.3, 0.4) is 0 Å². The predicted octanol–water partition coefficient (Wildman–Crippen LogP) is 3.35. The second-order valence-corrected chi connectivity index (χ2v) is 5.94. The van der Waals surface area contributed by atoms with Gasteiger partial charge in [0.05, 0.1) is 23.9 Å². The maximum absolute atomic E-state index is 6.17. The number of nitrogens with zero attached hydrogens (tertiary/aromatic N) is 3. The summed E-state index contributed by atoms with van der Waals surface area (Å²) in [6.45, 7) is 3.03. The standard InChI is InChI=1S/C12H11Cl2N3OS/c13-10-8(7-19-11(10)14)9-1-2-15-12(16-9)17-3-5-18-6-4-17/h1-2,7H,3-6H2. The van der Waals surface area contributed by atoms with Gasteiger partial charge in [-0.3, -0.25) is 0 Å². The van der Waals surface area contributed by atoms with Crippen LogP contribution in [0.2, 0.25) is 9.36 Å². The Morgan fingerprint density at radius 1 is 1.26 bits per heavy atom. The first-order chi connectivity index (χ1) is 9.25. The lowest BCUT2D eigenvalue weighted by Crippen LogP contribution is -2.37. The molecular weight excluding hydrogens is 305 g/mol. The molecule has 100 valence electrons. The van der Waals surface area contributed by atoms with Crippen molar-refractivity contribution in [3.63, 3.8) is 0 Å². The van der Waals surface area contributed by atoms with Crippen LogP contribution in [0, 0.1) is 0 Å². The lowest BCUT2D eigenvalue weighted by atomic mass is 10.2. The minimum Gasteiger partial charge on any atom is -0.378 e. The van der Waals surface area contributed by atoms with Crippen molar-refractivity contribution in [2.75, 3.05) is 31.2 Å². The normalized spacial score (nSPS) is 15.8. The molecule has 0 aromatic carbocycles. The highest BCUT2D eigenvalue weighted by molar-refractivity contribution is 7.15. The van der Waals surface area contributed by atoms with Gasteiger partial charge in [0.25, 0.3) is 0 Å². The highest BCUT2D eigenvalue weighted by Gasteiger charge is 2.16. The lowest BCUT2D eigenvalue weighted by Gasteiger charge is -2.26. The number of anilines is 1. The quantitative estimate of drug-likeness (QED) is 0.852. The van der Waals surface area contributed by atoms with E-state index in [1.807, 2.05) is 11.4 Å². The number of aromatic nitrogens is 2. The van der Waals surface area contributed by atoms with E-state index in [2.05, 4.69) is 14.9 Å². The minimum atomic E-state index is 0.554. The Bertz CT molecular complexity index is 584. The van der Waals surface area contributed by atoms with E-state index in [0.29, 0.717) is 28.5 Å². The summed E-state index contributed by atoms with van der Waals surface area (Å²) in [5, 5.41) is 2.47. The van der Waals surface area contributed by atoms with E-state index in [0.717, 1.165) is 24.3 Å².